The molecular formula is C23H26FN3O2. The first kappa shape index (κ1) is 19.6. The first-order valence-electron chi connectivity index (χ1n) is 10.2. The summed E-state index contributed by atoms with van der Waals surface area (Å²) < 4.78 is 13.1. The van der Waals surface area contributed by atoms with Gasteiger partial charge in [-0.3, -0.25) is 14.5 Å². The Labute approximate surface area is 170 Å². The number of hydrogen-bond donors (Lipinski definition) is 1. The summed E-state index contributed by atoms with van der Waals surface area (Å²) in [6.07, 6.45) is 2.04. The maximum Gasteiger partial charge on any atom is 0.227 e. The molecule has 29 heavy (non-hydrogen) atoms. The zero-order valence-electron chi connectivity index (χ0n) is 16.4. The number of benzene rings is 2. The monoisotopic (exact) mass is 395 g/mol. The van der Waals surface area contributed by atoms with E-state index >= 15 is 0 Å². The summed E-state index contributed by atoms with van der Waals surface area (Å²) in [6, 6.07) is 16.4. The van der Waals surface area contributed by atoms with Gasteiger partial charge in [-0.1, -0.05) is 30.3 Å². The van der Waals surface area contributed by atoms with Crippen LogP contribution >= 0.6 is 0 Å². The maximum absolute atomic E-state index is 13.1. The van der Waals surface area contributed by atoms with Crippen LogP contribution in [0.4, 0.5) is 10.1 Å². The van der Waals surface area contributed by atoms with E-state index in [1.165, 1.54) is 17.7 Å². The number of rotatable bonds is 5. The fourth-order valence-electron chi connectivity index (χ4n) is 4.15. The van der Waals surface area contributed by atoms with Gasteiger partial charge in [0.05, 0.1) is 5.92 Å². The molecule has 1 atom stereocenters. The van der Waals surface area contributed by atoms with Gasteiger partial charge < -0.3 is 10.2 Å². The van der Waals surface area contributed by atoms with Crippen LogP contribution in [0.5, 0.6) is 0 Å². The van der Waals surface area contributed by atoms with Crippen LogP contribution in [0.15, 0.2) is 54.6 Å². The van der Waals surface area contributed by atoms with Crippen LogP contribution in [0.2, 0.25) is 0 Å². The van der Waals surface area contributed by atoms with Crippen molar-refractivity contribution in [1.29, 1.82) is 0 Å². The number of anilines is 1. The van der Waals surface area contributed by atoms with Gasteiger partial charge in [0.1, 0.15) is 5.82 Å². The number of hydrogen-bond acceptors (Lipinski definition) is 3. The Bertz CT molecular complexity index is 848. The number of halogens is 1. The molecule has 2 amide bonds. The van der Waals surface area contributed by atoms with Crippen molar-refractivity contribution in [2.45, 2.75) is 31.8 Å². The van der Waals surface area contributed by atoms with Crippen molar-refractivity contribution in [2.75, 3.05) is 24.5 Å². The Morgan fingerprint density at radius 1 is 1.03 bits per heavy atom. The summed E-state index contributed by atoms with van der Waals surface area (Å²) in [4.78, 5) is 29.0. The van der Waals surface area contributed by atoms with Gasteiger partial charge in [0.15, 0.2) is 0 Å². The first-order chi connectivity index (χ1) is 14.1. The summed E-state index contributed by atoms with van der Waals surface area (Å²) in [5.41, 5.74) is 1.95. The van der Waals surface area contributed by atoms with E-state index in [0.29, 0.717) is 12.2 Å². The summed E-state index contributed by atoms with van der Waals surface area (Å²) in [5.74, 6) is -0.831. The highest BCUT2D eigenvalue weighted by atomic mass is 19.1. The minimum Gasteiger partial charge on any atom is -0.353 e. The minimum absolute atomic E-state index is 0.0514. The largest absolute Gasteiger partial charge is 0.353 e. The quantitative estimate of drug-likeness (QED) is 0.847. The van der Waals surface area contributed by atoms with E-state index in [2.05, 4.69) is 34.5 Å². The van der Waals surface area contributed by atoms with Crippen LogP contribution in [0.1, 0.15) is 24.8 Å². The molecule has 0 aromatic heterocycles. The lowest BCUT2D eigenvalue weighted by atomic mass is 10.0. The van der Waals surface area contributed by atoms with E-state index in [-0.39, 0.29) is 36.0 Å². The van der Waals surface area contributed by atoms with Gasteiger partial charge in [-0.05, 0) is 42.7 Å². The van der Waals surface area contributed by atoms with Crippen LogP contribution < -0.4 is 10.2 Å². The Kier molecular flexibility index (Phi) is 5.90. The van der Waals surface area contributed by atoms with E-state index in [1.807, 2.05) is 6.07 Å². The second-order valence-electron chi connectivity index (χ2n) is 7.93. The molecular weight excluding hydrogens is 369 g/mol. The summed E-state index contributed by atoms with van der Waals surface area (Å²) in [5, 5.41) is 3.14. The Morgan fingerprint density at radius 2 is 1.72 bits per heavy atom. The van der Waals surface area contributed by atoms with Gasteiger partial charge in [0, 0.05) is 44.3 Å². The number of carbonyl (C=O) groups is 2. The minimum atomic E-state index is -0.352. The predicted octanol–water partition coefficient (Wildman–Crippen LogP) is 2.96. The van der Waals surface area contributed by atoms with E-state index in [4.69, 9.17) is 0 Å². The highest BCUT2D eigenvalue weighted by Crippen LogP contribution is 2.26. The van der Waals surface area contributed by atoms with Crippen LogP contribution in [-0.2, 0) is 16.1 Å². The molecule has 0 unspecified atom stereocenters. The second-order valence-corrected chi connectivity index (χ2v) is 7.93. The third-order valence-electron chi connectivity index (χ3n) is 5.82. The predicted molar refractivity (Wildman–Crippen MR) is 110 cm³/mol. The molecule has 152 valence electrons. The van der Waals surface area contributed by atoms with Crippen LogP contribution in [0.3, 0.4) is 0 Å². The van der Waals surface area contributed by atoms with E-state index in [1.54, 1.807) is 17.0 Å². The molecule has 0 aliphatic carbocycles. The zero-order valence-corrected chi connectivity index (χ0v) is 16.4. The number of nitrogens with zero attached hydrogens (tertiary/aromatic N) is 2. The highest BCUT2D eigenvalue weighted by Gasteiger charge is 2.36. The molecule has 0 saturated carbocycles. The normalized spacial score (nSPS) is 20.8. The smallest absolute Gasteiger partial charge is 0.227 e. The van der Waals surface area contributed by atoms with Crippen LogP contribution in [-0.4, -0.2) is 42.4 Å². The summed E-state index contributed by atoms with van der Waals surface area (Å²) in [6.45, 7) is 3.19. The topological polar surface area (TPSA) is 52.7 Å². The molecule has 2 aliphatic heterocycles. The number of carbonyl (C=O) groups excluding carboxylic acids is 2. The lowest BCUT2D eigenvalue weighted by molar-refractivity contribution is -0.127. The summed E-state index contributed by atoms with van der Waals surface area (Å²) in [7, 11) is 0. The Hall–Kier alpha value is -2.73. The van der Waals surface area contributed by atoms with Gasteiger partial charge in [-0.15, -0.1) is 0 Å². The third-order valence-corrected chi connectivity index (χ3v) is 5.82. The number of amides is 2. The molecule has 2 aromatic carbocycles. The van der Waals surface area contributed by atoms with Crippen molar-refractivity contribution < 1.29 is 14.0 Å². The lowest BCUT2D eigenvalue weighted by Gasteiger charge is -2.32. The van der Waals surface area contributed by atoms with Crippen LogP contribution in [0.25, 0.3) is 0 Å². The number of likely N-dealkylation sites (tertiary alicyclic amines) is 1. The SMILES string of the molecule is O=C(NC1CCN(Cc2ccccc2)CC1)[C@H]1CC(=O)N(c2ccc(F)cc2)C1. The molecule has 0 bridgehead atoms. The molecule has 0 radical (unpaired) electrons. The van der Waals surface area contributed by atoms with Gasteiger partial charge in [-0.2, -0.15) is 0 Å². The lowest BCUT2D eigenvalue weighted by Crippen LogP contribution is -2.46. The van der Waals surface area contributed by atoms with Gasteiger partial charge >= 0.3 is 0 Å². The Balaban J connectivity index is 1.26. The maximum atomic E-state index is 13.1. The van der Waals surface area contributed by atoms with Crippen molar-refractivity contribution >= 4 is 17.5 Å². The second kappa shape index (κ2) is 8.74. The zero-order chi connectivity index (χ0) is 20.2. The molecule has 2 saturated heterocycles. The van der Waals surface area contributed by atoms with Crippen molar-refractivity contribution in [3.8, 4) is 0 Å². The van der Waals surface area contributed by atoms with Crippen molar-refractivity contribution in [3.05, 3.63) is 66.0 Å². The standard InChI is InChI=1S/C23H26FN3O2/c24-19-6-8-21(9-7-19)27-16-18(14-22(27)28)23(29)25-20-10-12-26(13-11-20)15-17-4-2-1-3-5-17/h1-9,18,20H,10-16H2,(H,25,29)/t18-/m0/s1. The molecule has 1 N–H and O–H groups in total. The van der Waals surface area contributed by atoms with Gasteiger partial charge in [-0.25, -0.2) is 4.39 Å². The molecule has 2 fully saturated rings. The number of nitrogens with one attached hydrogen (secondary N) is 1. The van der Waals surface area contributed by atoms with Crippen LogP contribution in [0, 0.1) is 11.7 Å². The molecule has 5 nitrogen and oxygen atoms in total. The average Bonchev–Trinajstić information content (AvgIpc) is 3.13. The number of piperidine rings is 1. The van der Waals surface area contributed by atoms with Crippen molar-refractivity contribution in [2.24, 2.45) is 5.92 Å². The molecule has 6 heteroatoms. The van der Waals surface area contributed by atoms with Crippen molar-refractivity contribution in [3.63, 3.8) is 0 Å². The van der Waals surface area contributed by atoms with E-state index < -0.39 is 0 Å². The average molecular weight is 395 g/mol. The van der Waals surface area contributed by atoms with Gasteiger partial charge in [0.2, 0.25) is 11.8 Å². The highest BCUT2D eigenvalue weighted by molar-refractivity contribution is 6.00. The fraction of sp³-hybridized carbons (Fsp3) is 0.391. The summed E-state index contributed by atoms with van der Waals surface area (Å²) >= 11 is 0. The Morgan fingerprint density at radius 3 is 2.41 bits per heavy atom. The van der Waals surface area contributed by atoms with Crippen molar-refractivity contribution in [1.82, 2.24) is 10.2 Å². The fourth-order valence-corrected chi connectivity index (χ4v) is 4.15. The van der Waals surface area contributed by atoms with Gasteiger partial charge in [0.25, 0.3) is 0 Å². The van der Waals surface area contributed by atoms with E-state index in [0.717, 1.165) is 32.5 Å². The molecule has 0 spiro atoms. The molecule has 2 heterocycles. The first-order valence-corrected chi connectivity index (χ1v) is 10.2. The molecule has 4 rings (SSSR count). The third kappa shape index (κ3) is 4.82. The van der Waals surface area contributed by atoms with E-state index in [9.17, 15) is 14.0 Å². The molecule has 2 aliphatic rings. The molecule has 2 aromatic rings.